The molecule has 0 spiro atoms. The molecule has 3 rings (SSSR count). The van der Waals surface area contributed by atoms with E-state index in [2.05, 4.69) is 10.3 Å². The van der Waals surface area contributed by atoms with Crippen molar-refractivity contribution in [2.24, 2.45) is 0 Å². The Morgan fingerprint density at radius 2 is 2.08 bits per heavy atom. The number of hydrogen-bond donors (Lipinski definition) is 1. The number of aromatic nitrogens is 1. The summed E-state index contributed by atoms with van der Waals surface area (Å²) in [6.07, 6.45) is 6.24. The molecule has 0 aliphatic rings. The molecule has 0 bridgehead atoms. The second kappa shape index (κ2) is 7.99. The molecule has 5 heteroatoms. The summed E-state index contributed by atoms with van der Waals surface area (Å²) in [5.74, 6) is 0.773. The summed E-state index contributed by atoms with van der Waals surface area (Å²) in [6.45, 7) is 2.41. The molecule has 128 valence electrons. The van der Waals surface area contributed by atoms with E-state index in [0.29, 0.717) is 19.4 Å². The number of benzene rings is 1. The van der Waals surface area contributed by atoms with Crippen LogP contribution in [0.2, 0.25) is 5.02 Å². The Morgan fingerprint density at radius 3 is 2.84 bits per heavy atom. The molecule has 4 nitrogen and oxygen atoms in total. The minimum atomic E-state index is 0.0102. The van der Waals surface area contributed by atoms with Crippen molar-refractivity contribution in [3.8, 4) is 11.3 Å². The van der Waals surface area contributed by atoms with Crippen LogP contribution in [0, 0.1) is 6.92 Å². The van der Waals surface area contributed by atoms with Crippen LogP contribution >= 0.6 is 11.6 Å². The van der Waals surface area contributed by atoms with Crippen molar-refractivity contribution in [2.75, 3.05) is 0 Å². The number of halogens is 1. The van der Waals surface area contributed by atoms with Gasteiger partial charge in [-0.15, -0.1) is 0 Å². The van der Waals surface area contributed by atoms with Crippen LogP contribution in [0.4, 0.5) is 0 Å². The monoisotopic (exact) mass is 354 g/mol. The summed E-state index contributed by atoms with van der Waals surface area (Å²) in [7, 11) is 0. The highest BCUT2D eigenvalue weighted by Crippen LogP contribution is 2.20. The maximum Gasteiger partial charge on any atom is 0.220 e. The zero-order chi connectivity index (χ0) is 17.6. The molecule has 1 aromatic carbocycles. The van der Waals surface area contributed by atoms with Crippen LogP contribution in [0.15, 0.2) is 59.5 Å². The van der Waals surface area contributed by atoms with Crippen molar-refractivity contribution < 1.29 is 9.21 Å². The van der Waals surface area contributed by atoms with Gasteiger partial charge in [0.15, 0.2) is 0 Å². The molecule has 0 atom stereocenters. The molecule has 2 heterocycles. The van der Waals surface area contributed by atoms with Gasteiger partial charge in [-0.3, -0.25) is 9.78 Å². The van der Waals surface area contributed by atoms with Gasteiger partial charge in [0.2, 0.25) is 5.91 Å². The molecule has 3 aromatic rings. The largest absolute Gasteiger partial charge is 0.464 e. The summed E-state index contributed by atoms with van der Waals surface area (Å²) >= 11 is 6.02. The average molecular weight is 355 g/mol. The van der Waals surface area contributed by atoms with E-state index in [9.17, 15) is 4.79 Å². The fourth-order valence-corrected chi connectivity index (χ4v) is 2.69. The first-order chi connectivity index (χ1) is 12.1. The van der Waals surface area contributed by atoms with Gasteiger partial charge in [-0.25, -0.2) is 0 Å². The van der Waals surface area contributed by atoms with E-state index in [1.807, 2.05) is 43.3 Å². The average Bonchev–Trinajstić information content (AvgIpc) is 3.16. The van der Waals surface area contributed by atoms with Crippen molar-refractivity contribution in [1.82, 2.24) is 10.3 Å². The van der Waals surface area contributed by atoms with Gasteiger partial charge in [0.25, 0.3) is 0 Å². The van der Waals surface area contributed by atoms with Gasteiger partial charge in [-0.2, -0.15) is 0 Å². The molecule has 0 fully saturated rings. The zero-order valence-corrected chi connectivity index (χ0v) is 14.7. The molecular weight excluding hydrogens is 336 g/mol. The molecule has 0 saturated heterocycles. The Morgan fingerprint density at radius 1 is 1.20 bits per heavy atom. The number of nitrogens with one attached hydrogen (secondary N) is 1. The Balaban J connectivity index is 1.52. The number of carbonyl (C=O) groups is 1. The quantitative estimate of drug-likeness (QED) is 0.706. The number of pyridine rings is 1. The molecule has 25 heavy (non-hydrogen) atoms. The van der Waals surface area contributed by atoms with Crippen molar-refractivity contribution in [3.05, 3.63) is 76.8 Å². The van der Waals surface area contributed by atoms with E-state index < -0.39 is 0 Å². The normalized spacial score (nSPS) is 10.6. The Kier molecular flexibility index (Phi) is 5.51. The highest BCUT2D eigenvalue weighted by molar-refractivity contribution is 6.31. The Bertz CT molecular complexity index is 860. The first kappa shape index (κ1) is 17.2. The number of hydrogen-bond acceptors (Lipinski definition) is 3. The third kappa shape index (κ3) is 4.70. The van der Waals surface area contributed by atoms with E-state index in [0.717, 1.165) is 33.0 Å². The number of nitrogens with zero attached hydrogens (tertiary/aromatic N) is 1. The minimum Gasteiger partial charge on any atom is -0.464 e. The number of carbonyl (C=O) groups excluding carboxylic acids is 1. The first-order valence-corrected chi connectivity index (χ1v) is 8.49. The van der Waals surface area contributed by atoms with Crippen LogP contribution in [0.25, 0.3) is 11.3 Å². The van der Waals surface area contributed by atoms with Gasteiger partial charge >= 0.3 is 0 Å². The molecule has 0 saturated carbocycles. The second-order valence-electron chi connectivity index (χ2n) is 5.92. The highest BCUT2D eigenvalue weighted by atomic mass is 35.5. The lowest BCUT2D eigenvalue weighted by Gasteiger charge is -2.07. The molecule has 0 aliphatic carbocycles. The van der Waals surface area contributed by atoms with E-state index >= 15 is 0 Å². The maximum atomic E-state index is 12.1. The van der Waals surface area contributed by atoms with E-state index in [4.69, 9.17) is 16.0 Å². The van der Waals surface area contributed by atoms with Crippen molar-refractivity contribution in [2.45, 2.75) is 26.3 Å². The SMILES string of the molecule is Cc1cc(CCC(=O)NCc2cncc(-c3ccco3)c2)ccc1Cl. The Hall–Kier alpha value is -2.59. The van der Waals surface area contributed by atoms with Crippen molar-refractivity contribution >= 4 is 17.5 Å². The molecule has 1 N–H and O–H groups in total. The summed E-state index contributed by atoms with van der Waals surface area (Å²) in [5.41, 5.74) is 3.97. The number of aryl methyl sites for hydroxylation is 2. The lowest BCUT2D eigenvalue weighted by Crippen LogP contribution is -2.23. The number of amides is 1. The molecule has 0 unspecified atom stereocenters. The van der Waals surface area contributed by atoms with E-state index in [-0.39, 0.29) is 5.91 Å². The van der Waals surface area contributed by atoms with Gasteiger partial charge in [0, 0.05) is 35.9 Å². The van der Waals surface area contributed by atoms with Gasteiger partial charge in [-0.1, -0.05) is 23.7 Å². The molecule has 1 amide bonds. The number of furan rings is 1. The van der Waals surface area contributed by atoms with Crippen LogP contribution in [0.3, 0.4) is 0 Å². The second-order valence-corrected chi connectivity index (χ2v) is 6.33. The molecule has 0 radical (unpaired) electrons. The predicted molar refractivity (Wildman–Crippen MR) is 98.3 cm³/mol. The molecule has 2 aromatic heterocycles. The van der Waals surface area contributed by atoms with Gasteiger partial charge in [0.05, 0.1) is 6.26 Å². The third-order valence-corrected chi connectivity index (χ3v) is 4.38. The lowest BCUT2D eigenvalue weighted by atomic mass is 10.1. The summed E-state index contributed by atoms with van der Waals surface area (Å²) in [6, 6.07) is 11.5. The van der Waals surface area contributed by atoms with Crippen molar-refractivity contribution in [1.29, 1.82) is 0 Å². The van der Waals surface area contributed by atoms with Gasteiger partial charge < -0.3 is 9.73 Å². The summed E-state index contributed by atoms with van der Waals surface area (Å²) in [4.78, 5) is 16.3. The highest BCUT2D eigenvalue weighted by Gasteiger charge is 2.06. The smallest absolute Gasteiger partial charge is 0.220 e. The molecule has 0 aliphatic heterocycles. The van der Waals surface area contributed by atoms with Crippen LogP contribution in [-0.2, 0) is 17.8 Å². The fourth-order valence-electron chi connectivity index (χ4n) is 2.57. The van der Waals surface area contributed by atoms with Crippen LogP contribution in [-0.4, -0.2) is 10.9 Å². The van der Waals surface area contributed by atoms with E-state index in [1.165, 1.54) is 0 Å². The first-order valence-electron chi connectivity index (χ1n) is 8.11. The minimum absolute atomic E-state index is 0.0102. The Labute approximate surface area is 151 Å². The zero-order valence-electron chi connectivity index (χ0n) is 14.0. The maximum absolute atomic E-state index is 12.1. The third-order valence-electron chi connectivity index (χ3n) is 3.95. The lowest BCUT2D eigenvalue weighted by molar-refractivity contribution is -0.121. The predicted octanol–water partition coefficient (Wildman–Crippen LogP) is 4.55. The van der Waals surface area contributed by atoms with Crippen LogP contribution in [0.1, 0.15) is 23.1 Å². The standard InChI is InChI=1S/C20H19ClN2O2/c1-14-9-15(4-6-18(14)21)5-7-20(24)23-12-16-10-17(13-22-11-16)19-3-2-8-25-19/h2-4,6,8-11,13H,5,7,12H2,1H3,(H,23,24). The summed E-state index contributed by atoms with van der Waals surface area (Å²) < 4.78 is 5.37. The van der Waals surface area contributed by atoms with Crippen LogP contribution in [0.5, 0.6) is 0 Å². The van der Waals surface area contributed by atoms with Gasteiger partial charge in [0.1, 0.15) is 5.76 Å². The fraction of sp³-hybridized carbons (Fsp3) is 0.200. The summed E-state index contributed by atoms with van der Waals surface area (Å²) in [5, 5.41) is 3.68. The van der Waals surface area contributed by atoms with E-state index in [1.54, 1.807) is 18.7 Å². The van der Waals surface area contributed by atoms with Gasteiger partial charge in [-0.05, 0) is 54.3 Å². The van der Waals surface area contributed by atoms with Crippen molar-refractivity contribution in [3.63, 3.8) is 0 Å². The van der Waals surface area contributed by atoms with Crippen LogP contribution < -0.4 is 5.32 Å². The molecular formula is C20H19ClN2O2. The topological polar surface area (TPSA) is 55.1 Å². The number of rotatable bonds is 6.